The maximum Gasteiger partial charge on any atom is 0.262 e. The molecule has 0 atom stereocenters. The number of nitrogens with one attached hydrogen (secondary N) is 2. The van der Waals surface area contributed by atoms with Crippen LogP contribution in [-0.2, 0) is 21.2 Å². The van der Waals surface area contributed by atoms with Crippen molar-refractivity contribution >= 4 is 21.6 Å². The van der Waals surface area contributed by atoms with Crippen molar-refractivity contribution in [3.8, 4) is 5.75 Å². The molecule has 156 valence electrons. The molecule has 0 unspecified atom stereocenters. The van der Waals surface area contributed by atoms with Crippen molar-refractivity contribution in [3.63, 3.8) is 0 Å². The molecule has 0 heterocycles. The molecule has 7 heteroatoms. The van der Waals surface area contributed by atoms with E-state index in [4.69, 9.17) is 4.74 Å². The Morgan fingerprint density at radius 3 is 2.37 bits per heavy atom. The highest BCUT2D eigenvalue weighted by atomic mass is 32.2. The van der Waals surface area contributed by atoms with Crippen molar-refractivity contribution < 1.29 is 17.9 Å². The number of hydrogen-bond donors (Lipinski definition) is 2. The Balaban J connectivity index is 1.50. The van der Waals surface area contributed by atoms with E-state index >= 15 is 0 Å². The zero-order valence-electron chi connectivity index (χ0n) is 16.7. The van der Waals surface area contributed by atoms with E-state index in [9.17, 15) is 13.2 Å². The monoisotopic (exact) mass is 424 g/mol. The molecule has 0 aliphatic carbocycles. The summed E-state index contributed by atoms with van der Waals surface area (Å²) in [5.74, 6) is 0.293. The normalized spacial score (nSPS) is 11.1. The fourth-order valence-electron chi connectivity index (χ4n) is 2.83. The maximum atomic E-state index is 12.4. The molecule has 0 bridgehead atoms. The second kappa shape index (κ2) is 10.0. The van der Waals surface area contributed by atoms with E-state index in [0.717, 1.165) is 11.1 Å². The second-order valence-corrected chi connectivity index (χ2v) is 8.58. The minimum Gasteiger partial charge on any atom is -0.484 e. The van der Waals surface area contributed by atoms with Crippen molar-refractivity contribution in [3.05, 3.63) is 90.0 Å². The van der Waals surface area contributed by atoms with Crippen LogP contribution in [0.3, 0.4) is 0 Å². The van der Waals surface area contributed by atoms with E-state index in [2.05, 4.69) is 10.0 Å². The Hall–Kier alpha value is -3.16. The van der Waals surface area contributed by atoms with Crippen LogP contribution in [0.4, 0.5) is 5.69 Å². The van der Waals surface area contributed by atoms with Crippen molar-refractivity contribution in [1.82, 2.24) is 4.72 Å². The molecule has 0 radical (unpaired) electrons. The Kier molecular flexibility index (Phi) is 7.21. The first-order chi connectivity index (χ1) is 14.4. The van der Waals surface area contributed by atoms with Crippen molar-refractivity contribution in [2.75, 3.05) is 18.5 Å². The number of carbonyl (C=O) groups is 1. The maximum absolute atomic E-state index is 12.4. The van der Waals surface area contributed by atoms with Gasteiger partial charge in [0.05, 0.1) is 4.90 Å². The SMILES string of the molecule is Cc1cccc(OCC(=O)Nc2ccc(S(=O)(=O)NCCc3ccccc3)cc2)c1. The van der Waals surface area contributed by atoms with E-state index in [1.165, 1.54) is 12.1 Å². The summed E-state index contributed by atoms with van der Waals surface area (Å²) < 4.78 is 32.9. The topological polar surface area (TPSA) is 84.5 Å². The van der Waals surface area contributed by atoms with Gasteiger partial charge in [0.2, 0.25) is 10.0 Å². The summed E-state index contributed by atoms with van der Waals surface area (Å²) in [6.45, 7) is 2.12. The lowest BCUT2D eigenvalue weighted by Crippen LogP contribution is -2.26. The Morgan fingerprint density at radius 2 is 1.67 bits per heavy atom. The van der Waals surface area contributed by atoms with Crippen LogP contribution in [0.1, 0.15) is 11.1 Å². The first-order valence-electron chi connectivity index (χ1n) is 9.55. The number of anilines is 1. The number of sulfonamides is 1. The van der Waals surface area contributed by atoms with Crippen molar-refractivity contribution in [2.45, 2.75) is 18.2 Å². The largest absolute Gasteiger partial charge is 0.484 e. The average Bonchev–Trinajstić information content (AvgIpc) is 2.73. The number of rotatable bonds is 9. The van der Waals surface area contributed by atoms with Gasteiger partial charge in [0.15, 0.2) is 6.61 Å². The van der Waals surface area contributed by atoms with Gasteiger partial charge in [-0.15, -0.1) is 0 Å². The third-order valence-corrected chi connectivity index (χ3v) is 5.83. The molecule has 30 heavy (non-hydrogen) atoms. The van der Waals surface area contributed by atoms with Gasteiger partial charge >= 0.3 is 0 Å². The van der Waals surface area contributed by atoms with Gasteiger partial charge in [-0.05, 0) is 60.9 Å². The molecule has 3 aromatic rings. The highest BCUT2D eigenvalue weighted by Gasteiger charge is 2.13. The second-order valence-electron chi connectivity index (χ2n) is 6.81. The minimum absolute atomic E-state index is 0.134. The number of carbonyl (C=O) groups excluding carboxylic acids is 1. The summed E-state index contributed by atoms with van der Waals surface area (Å²) in [7, 11) is -3.61. The lowest BCUT2D eigenvalue weighted by atomic mass is 10.2. The molecule has 0 fully saturated rings. The summed E-state index contributed by atoms with van der Waals surface area (Å²) in [5, 5.41) is 2.69. The molecule has 3 rings (SSSR count). The Bertz CT molecular complexity index is 1080. The van der Waals surface area contributed by atoms with Crippen molar-refractivity contribution in [1.29, 1.82) is 0 Å². The molecule has 0 saturated carbocycles. The van der Waals surface area contributed by atoms with Crippen LogP contribution in [0.25, 0.3) is 0 Å². The summed E-state index contributed by atoms with van der Waals surface area (Å²) in [4.78, 5) is 12.2. The number of hydrogen-bond acceptors (Lipinski definition) is 4. The predicted molar refractivity (Wildman–Crippen MR) is 117 cm³/mol. The highest BCUT2D eigenvalue weighted by Crippen LogP contribution is 2.15. The van der Waals surface area contributed by atoms with Gasteiger partial charge in [-0.25, -0.2) is 13.1 Å². The van der Waals surface area contributed by atoms with Crippen LogP contribution in [0, 0.1) is 6.92 Å². The van der Waals surface area contributed by atoms with Gasteiger partial charge in [0, 0.05) is 12.2 Å². The molecular weight excluding hydrogens is 400 g/mol. The van der Waals surface area contributed by atoms with E-state index in [0.29, 0.717) is 24.4 Å². The zero-order chi connectivity index (χ0) is 21.4. The summed E-state index contributed by atoms with van der Waals surface area (Å²) in [6, 6.07) is 23.1. The van der Waals surface area contributed by atoms with E-state index < -0.39 is 10.0 Å². The number of benzene rings is 3. The third-order valence-electron chi connectivity index (χ3n) is 4.36. The van der Waals surface area contributed by atoms with Crippen LogP contribution in [0.2, 0.25) is 0 Å². The van der Waals surface area contributed by atoms with Gasteiger partial charge < -0.3 is 10.1 Å². The Labute approximate surface area is 177 Å². The summed E-state index contributed by atoms with van der Waals surface area (Å²) in [6.07, 6.45) is 0.606. The zero-order valence-corrected chi connectivity index (χ0v) is 17.5. The first kappa shape index (κ1) is 21.5. The predicted octanol–water partition coefficient (Wildman–Crippen LogP) is 3.53. The first-order valence-corrected chi connectivity index (χ1v) is 11.0. The average molecular weight is 425 g/mol. The van der Waals surface area contributed by atoms with Gasteiger partial charge in [0.1, 0.15) is 5.75 Å². The van der Waals surface area contributed by atoms with Crippen LogP contribution in [-0.4, -0.2) is 27.5 Å². The fourth-order valence-corrected chi connectivity index (χ4v) is 3.86. The van der Waals surface area contributed by atoms with Crippen molar-refractivity contribution in [2.24, 2.45) is 0 Å². The van der Waals surface area contributed by atoms with E-state index in [1.807, 2.05) is 55.5 Å². The van der Waals surface area contributed by atoms with Crippen LogP contribution >= 0.6 is 0 Å². The molecule has 0 saturated heterocycles. The molecule has 0 aliphatic heterocycles. The number of amides is 1. The number of aryl methyl sites for hydroxylation is 1. The van der Waals surface area contributed by atoms with Crippen LogP contribution in [0.15, 0.2) is 83.8 Å². The molecule has 1 amide bonds. The number of ether oxygens (including phenoxy) is 1. The smallest absolute Gasteiger partial charge is 0.262 e. The molecule has 0 spiro atoms. The van der Waals surface area contributed by atoms with E-state index in [1.54, 1.807) is 18.2 Å². The highest BCUT2D eigenvalue weighted by molar-refractivity contribution is 7.89. The molecule has 6 nitrogen and oxygen atoms in total. The molecule has 0 aromatic heterocycles. The lowest BCUT2D eigenvalue weighted by Gasteiger charge is -2.10. The summed E-state index contributed by atoms with van der Waals surface area (Å²) in [5.41, 5.74) is 2.60. The fraction of sp³-hybridized carbons (Fsp3) is 0.174. The molecule has 3 aromatic carbocycles. The lowest BCUT2D eigenvalue weighted by molar-refractivity contribution is -0.118. The van der Waals surface area contributed by atoms with Gasteiger partial charge in [-0.2, -0.15) is 0 Å². The minimum atomic E-state index is -3.61. The van der Waals surface area contributed by atoms with Crippen LogP contribution < -0.4 is 14.8 Å². The van der Waals surface area contributed by atoms with Gasteiger partial charge in [-0.1, -0.05) is 42.5 Å². The van der Waals surface area contributed by atoms with Gasteiger partial charge in [-0.3, -0.25) is 4.79 Å². The third kappa shape index (κ3) is 6.43. The van der Waals surface area contributed by atoms with Gasteiger partial charge in [0.25, 0.3) is 5.91 Å². The summed E-state index contributed by atoms with van der Waals surface area (Å²) >= 11 is 0. The molecular formula is C23H24N2O4S. The van der Waals surface area contributed by atoms with Crippen LogP contribution in [0.5, 0.6) is 5.75 Å². The molecule has 0 aliphatic rings. The quantitative estimate of drug-likeness (QED) is 0.550. The Morgan fingerprint density at radius 1 is 0.933 bits per heavy atom. The molecule has 2 N–H and O–H groups in total. The van der Waals surface area contributed by atoms with E-state index in [-0.39, 0.29) is 17.4 Å². The standard InChI is InChI=1S/C23H24N2O4S/c1-18-6-5-9-21(16-18)29-17-23(26)25-20-10-12-22(13-11-20)30(27,28)24-15-14-19-7-3-2-4-8-19/h2-13,16,24H,14-15,17H2,1H3,(H,25,26).